The Labute approximate surface area is 221 Å². The molecule has 1 fully saturated rings. The fraction of sp³-hybridized carbons (Fsp3) is 0.214. The van der Waals surface area contributed by atoms with Gasteiger partial charge in [0.15, 0.2) is 0 Å². The average molecular weight is 537 g/mol. The van der Waals surface area contributed by atoms with Crippen LogP contribution in [0.2, 0.25) is 0 Å². The van der Waals surface area contributed by atoms with Gasteiger partial charge in [-0.3, -0.25) is 14.5 Å². The van der Waals surface area contributed by atoms with E-state index in [1.807, 2.05) is 20.8 Å². The first-order valence-electron chi connectivity index (χ1n) is 11.8. The zero-order valence-electron chi connectivity index (χ0n) is 21.3. The second-order valence-corrected chi connectivity index (χ2v) is 10.7. The van der Waals surface area contributed by atoms with Gasteiger partial charge in [0.05, 0.1) is 29.7 Å². The molecule has 0 bridgehead atoms. The van der Waals surface area contributed by atoms with E-state index in [1.54, 1.807) is 42.5 Å². The van der Waals surface area contributed by atoms with Crippen molar-refractivity contribution in [2.45, 2.75) is 37.8 Å². The number of carbonyl (C=O) groups is 2. The number of hydrogen-bond acceptors (Lipinski definition) is 7. The van der Waals surface area contributed by atoms with E-state index < -0.39 is 27.8 Å². The number of aliphatic hydroxyl groups excluding tert-OH is 1. The number of Topliss-reactive ketones (excluding diaryl/α,β-unsaturated/α-hetero) is 1. The zero-order valence-corrected chi connectivity index (χ0v) is 22.2. The van der Waals surface area contributed by atoms with Crippen LogP contribution in [-0.4, -0.2) is 38.4 Å². The van der Waals surface area contributed by atoms with Gasteiger partial charge in [0.2, 0.25) is 10.0 Å². The van der Waals surface area contributed by atoms with Crippen LogP contribution in [0.1, 0.15) is 36.6 Å². The summed E-state index contributed by atoms with van der Waals surface area (Å²) in [6.07, 6.45) is -0.0489. The van der Waals surface area contributed by atoms with Crippen molar-refractivity contribution >= 4 is 33.2 Å². The van der Waals surface area contributed by atoms with Crippen LogP contribution in [0.4, 0.5) is 5.69 Å². The molecule has 1 unspecified atom stereocenters. The highest BCUT2D eigenvalue weighted by Crippen LogP contribution is 2.43. The number of aliphatic hydroxyl groups is 1. The highest BCUT2D eigenvalue weighted by molar-refractivity contribution is 7.89. The van der Waals surface area contributed by atoms with Gasteiger partial charge < -0.3 is 14.6 Å². The molecular formula is C28H28N2O7S. The van der Waals surface area contributed by atoms with Crippen LogP contribution in [0.5, 0.6) is 11.5 Å². The zero-order chi connectivity index (χ0) is 27.8. The predicted molar refractivity (Wildman–Crippen MR) is 143 cm³/mol. The number of carbonyl (C=O) groups excluding carboxylic acids is 2. The van der Waals surface area contributed by atoms with Gasteiger partial charge in [-0.2, -0.15) is 0 Å². The Kier molecular flexibility index (Phi) is 7.30. The summed E-state index contributed by atoms with van der Waals surface area (Å²) in [6, 6.07) is 16.1. The molecule has 1 aliphatic rings. The number of amides is 1. The molecule has 0 aliphatic carbocycles. The molecule has 0 radical (unpaired) electrons. The van der Waals surface area contributed by atoms with E-state index in [4.69, 9.17) is 14.6 Å². The summed E-state index contributed by atoms with van der Waals surface area (Å²) in [5.41, 5.74) is 1.73. The van der Waals surface area contributed by atoms with Gasteiger partial charge in [-0.05, 0) is 86.5 Å². The van der Waals surface area contributed by atoms with Gasteiger partial charge in [0.25, 0.3) is 11.7 Å². The third-order valence-corrected chi connectivity index (χ3v) is 7.04. The molecule has 10 heteroatoms. The van der Waals surface area contributed by atoms with Crippen molar-refractivity contribution in [2.24, 2.45) is 5.14 Å². The highest BCUT2D eigenvalue weighted by atomic mass is 32.2. The number of nitrogens with two attached hydrogens (primary N) is 1. The Morgan fingerprint density at radius 3 is 2.29 bits per heavy atom. The normalized spacial score (nSPS) is 17.2. The molecule has 1 saturated heterocycles. The van der Waals surface area contributed by atoms with E-state index in [2.05, 4.69) is 0 Å². The van der Waals surface area contributed by atoms with Crippen LogP contribution < -0.4 is 19.5 Å². The molecular weight excluding hydrogens is 508 g/mol. The molecule has 198 valence electrons. The van der Waals surface area contributed by atoms with Crippen LogP contribution >= 0.6 is 0 Å². The van der Waals surface area contributed by atoms with Crippen LogP contribution in [0.3, 0.4) is 0 Å². The van der Waals surface area contributed by atoms with Crippen LogP contribution in [-0.2, 0) is 19.6 Å². The highest BCUT2D eigenvalue weighted by Gasteiger charge is 2.47. The van der Waals surface area contributed by atoms with Crippen molar-refractivity contribution in [1.82, 2.24) is 0 Å². The number of ether oxygens (including phenoxy) is 2. The maximum atomic E-state index is 13.4. The number of methoxy groups -OCH3 is 1. The second kappa shape index (κ2) is 10.3. The van der Waals surface area contributed by atoms with Crippen LogP contribution in [0.25, 0.3) is 5.76 Å². The molecule has 3 aromatic rings. The minimum Gasteiger partial charge on any atom is -0.507 e. The van der Waals surface area contributed by atoms with E-state index in [-0.39, 0.29) is 28.0 Å². The molecule has 3 aromatic carbocycles. The molecule has 0 aromatic heterocycles. The van der Waals surface area contributed by atoms with Crippen LogP contribution in [0, 0.1) is 6.92 Å². The largest absolute Gasteiger partial charge is 0.507 e. The van der Waals surface area contributed by atoms with Crippen molar-refractivity contribution in [1.29, 1.82) is 0 Å². The van der Waals surface area contributed by atoms with Crippen molar-refractivity contribution < 1.29 is 32.6 Å². The van der Waals surface area contributed by atoms with E-state index in [0.29, 0.717) is 22.6 Å². The summed E-state index contributed by atoms with van der Waals surface area (Å²) in [5, 5.41) is 16.6. The first-order valence-corrected chi connectivity index (χ1v) is 13.3. The average Bonchev–Trinajstić information content (AvgIpc) is 3.14. The summed E-state index contributed by atoms with van der Waals surface area (Å²) in [6.45, 7) is 5.62. The topological polar surface area (TPSA) is 136 Å². The van der Waals surface area contributed by atoms with Crippen molar-refractivity contribution in [2.75, 3.05) is 12.0 Å². The lowest BCUT2D eigenvalue weighted by molar-refractivity contribution is -0.132. The van der Waals surface area contributed by atoms with E-state index in [9.17, 15) is 23.1 Å². The fourth-order valence-electron chi connectivity index (χ4n) is 4.36. The van der Waals surface area contributed by atoms with Crippen LogP contribution in [0.15, 0.2) is 77.2 Å². The van der Waals surface area contributed by atoms with E-state index in [0.717, 1.165) is 5.56 Å². The van der Waals surface area contributed by atoms with Gasteiger partial charge in [-0.15, -0.1) is 0 Å². The van der Waals surface area contributed by atoms with Crippen molar-refractivity contribution in [3.05, 3.63) is 89.0 Å². The van der Waals surface area contributed by atoms with Gasteiger partial charge in [0.1, 0.15) is 17.3 Å². The molecule has 1 atom stereocenters. The smallest absolute Gasteiger partial charge is 0.300 e. The van der Waals surface area contributed by atoms with Gasteiger partial charge in [0, 0.05) is 11.3 Å². The lowest BCUT2D eigenvalue weighted by Gasteiger charge is -2.26. The van der Waals surface area contributed by atoms with Crippen molar-refractivity contribution in [3.8, 4) is 11.5 Å². The summed E-state index contributed by atoms with van der Waals surface area (Å²) in [5.74, 6) is -0.982. The van der Waals surface area contributed by atoms with E-state index in [1.165, 1.54) is 36.3 Å². The summed E-state index contributed by atoms with van der Waals surface area (Å²) in [4.78, 5) is 27.8. The molecule has 1 heterocycles. The number of nitrogens with zero attached hydrogens (tertiary/aromatic N) is 1. The Hall–Kier alpha value is -4.15. The Bertz CT molecular complexity index is 1540. The number of anilines is 1. The number of primary sulfonamides is 1. The number of hydrogen-bond donors (Lipinski definition) is 2. The SMILES string of the molecule is COc1cccc(C2/C(=C(\O)c3ccc(OC(C)C)c(C)c3)C(=O)C(=O)N2c2ccc(S(N)(=O)=O)cc2)c1. The summed E-state index contributed by atoms with van der Waals surface area (Å²) in [7, 11) is -2.47. The quantitative estimate of drug-likeness (QED) is 0.264. The monoisotopic (exact) mass is 536 g/mol. The fourth-order valence-corrected chi connectivity index (χ4v) is 4.88. The van der Waals surface area contributed by atoms with Gasteiger partial charge in [-0.25, -0.2) is 13.6 Å². The molecule has 38 heavy (non-hydrogen) atoms. The minimum atomic E-state index is -3.96. The summed E-state index contributed by atoms with van der Waals surface area (Å²) >= 11 is 0. The Balaban J connectivity index is 1.90. The number of benzene rings is 3. The molecule has 0 saturated carbocycles. The number of rotatable bonds is 7. The number of sulfonamides is 1. The predicted octanol–water partition coefficient (Wildman–Crippen LogP) is 4.06. The first kappa shape index (κ1) is 26.9. The van der Waals surface area contributed by atoms with E-state index >= 15 is 0 Å². The van der Waals surface area contributed by atoms with Crippen molar-refractivity contribution in [3.63, 3.8) is 0 Å². The second-order valence-electron chi connectivity index (χ2n) is 9.13. The number of ketones is 1. The molecule has 0 spiro atoms. The number of aryl methyl sites for hydroxylation is 1. The molecule has 3 N–H and O–H groups in total. The third kappa shape index (κ3) is 5.13. The standard InChI is InChI=1S/C28H28N2O7S/c1-16(2)37-23-13-8-19(14-17(23)3)26(31)24-25(18-6-5-7-21(15-18)36-4)30(28(33)27(24)32)20-9-11-22(12-10-20)38(29,34)35/h5-16,25,31H,1-4H3,(H2,29,34,35)/b26-24+. The Morgan fingerprint density at radius 2 is 1.71 bits per heavy atom. The molecule has 4 rings (SSSR count). The molecule has 1 amide bonds. The van der Waals surface area contributed by atoms with Gasteiger partial charge in [-0.1, -0.05) is 12.1 Å². The van der Waals surface area contributed by atoms with Gasteiger partial charge >= 0.3 is 0 Å². The lowest BCUT2D eigenvalue weighted by Crippen LogP contribution is -2.29. The molecule has 9 nitrogen and oxygen atoms in total. The third-order valence-electron chi connectivity index (χ3n) is 6.11. The minimum absolute atomic E-state index is 0.0489. The Morgan fingerprint density at radius 1 is 1.03 bits per heavy atom. The first-order chi connectivity index (χ1) is 17.9. The summed E-state index contributed by atoms with van der Waals surface area (Å²) < 4.78 is 34.6. The molecule has 1 aliphatic heterocycles. The maximum Gasteiger partial charge on any atom is 0.300 e. The maximum absolute atomic E-state index is 13.4. The lowest BCUT2D eigenvalue weighted by atomic mass is 9.94.